The Labute approximate surface area is 135 Å². The van der Waals surface area contributed by atoms with Crippen molar-refractivity contribution in [3.8, 4) is 0 Å². The summed E-state index contributed by atoms with van der Waals surface area (Å²) < 4.78 is 5.24. The zero-order valence-corrected chi connectivity index (χ0v) is 13.5. The van der Waals surface area contributed by atoms with Gasteiger partial charge in [0.1, 0.15) is 6.61 Å². The highest BCUT2D eigenvalue weighted by Crippen LogP contribution is 2.10. The van der Waals surface area contributed by atoms with Crippen molar-refractivity contribution in [3.05, 3.63) is 65.5 Å². The number of aryl methyl sites for hydroxylation is 1. The lowest BCUT2D eigenvalue weighted by molar-refractivity contribution is 0.0741. The van der Waals surface area contributed by atoms with Crippen molar-refractivity contribution in [1.29, 1.82) is 0 Å². The third kappa shape index (κ3) is 4.39. The average molecular weight is 312 g/mol. The maximum Gasteiger partial charge on any atom is 0.410 e. The van der Waals surface area contributed by atoms with E-state index in [9.17, 15) is 9.59 Å². The molecule has 5 nitrogen and oxygen atoms in total. The van der Waals surface area contributed by atoms with Crippen molar-refractivity contribution in [2.24, 2.45) is 0 Å². The van der Waals surface area contributed by atoms with Gasteiger partial charge in [-0.25, -0.2) is 4.79 Å². The summed E-state index contributed by atoms with van der Waals surface area (Å²) in [5.41, 5.74) is 2.21. The number of pyridine rings is 1. The van der Waals surface area contributed by atoms with Gasteiger partial charge in [-0.05, 0) is 31.5 Å². The Bertz CT molecular complexity index is 668. The predicted octanol–water partition coefficient (Wildman–Crippen LogP) is 3.23. The topological polar surface area (TPSA) is 59.5 Å². The number of Topliss-reactive ketones (excluding diaryl/α,β-unsaturated/α-hetero) is 1. The molecule has 2 rings (SSSR count). The largest absolute Gasteiger partial charge is 0.445 e. The summed E-state index contributed by atoms with van der Waals surface area (Å²) in [6, 6.07) is 12.3. The quantitative estimate of drug-likeness (QED) is 0.795. The number of likely N-dealkylation sites (N-methyl/N-ethyl adjacent to an activating group) is 1. The second kappa shape index (κ2) is 7.54. The molecule has 0 saturated carbocycles. The normalized spacial score (nSPS) is 11.6. The molecule has 2 aromatic rings. The van der Waals surface area contributed by atoms with Crippen molar-refractivity contribution in [2.75, 3.05) is 7.05 Å². The Hall–Kier alpha value is -2.69. The van der Waals surface area contributed by atoms with Gasteiger partial charge in [-0.15, -0.1) is 0 Å². The van der Waals surface area contributed by atoms with Crippen LogP contribution in [0.2, 0.25) is 0 Å². The average Bonchev–Trinajstić information content (AvgIpc) is 2.59. The fourth-order valence-electron chi connectivity index (χ4n) is 2.01. The lowest BCUT2D eigenvalue weighted by Crippen LogP contribution is -2.40. The third-order valence-corrected chi connectivity index (χ3v) is 3.65. The van der Waals surface area contributed by atoms with Crippen molar-refractivity contribution < 1.29 is 14.3 Å². The van der Waals surface area contributed by atoms with E-state index in [1.807, 2.05) is 37.3 Å². The molecule has 1 atom stereocenters. The minimum absolute atomic E-state index is 0.170. The van der Waals surface area contributed by atoms with E-state index in [4.69, 9.17) is 4.74 Å². The summed E-state index contributed by atoms with van der Waals surface area (Å²) >= 11 is 0. The molecule has 120 valence electrons. The number of ketones is 1. The van der Waals surface area contributed by atoms with E-state index in [0.717, 1.165) is 11.3 Å². The maximum atomic E-state index is 12.4. The monoisotopic (exact) mass is 312 g/mol. The highest BCUT2D eigenvalue weighted by atomic mass is 16.6. The Morgan fingerprint density at radius 2 is 1.87 bits per heavy atom. The van der Waals surface area contributed by atoms with Crippen LogP contribution in [0.4, 0.5) is 4.79 Å². The summed E-state index contributed by atoms with van der Waals surface area (Å²) in [4.78, 5) is 29.9. The van der Waals surface area contributed by atoms with Crippen LogP contribution in [0.25, 0.3) is 0 Å². The molecule has 5 heteroatoms. The lowest BCUT2D eigenvalue weighted by atomic mass is 10.1. The van der Waals surface area contributed by atoms with Gasteiger partial charge in [0.25, 0.3) is 0 Å². The highest BCUT2D eigenvalue weighted by Gasteiger charge is 2.24. The molecule has 0 aliphatic rings. The first-order chi connectivity index (χ1) is 11.0. The molecule has 23 heavy (non-hydrogen) atoms. The number of benzene rings is 1. The molecular weight excluding hydrogens is 292 g/mol. The minimum atomic E-state index is -0.622. The fraction of sp³-hybridized carbons (Fsp3) is 0.278. The molecule has 0 saturated heterocycles. The molecular formula is C18H20N2O3. The van der Waals surface area contributed by atoms with Crippen LogP contribution >= 0.6 is 0 Å². The SMILES string of the molecule is Cc1ccc(C(=O)C(C)N(C)C(=O)OCc2ccccc2)cn1. The van der Waals surface area contributed by atoms with E-state index in [2.05, 4.69) is 4.98 Å². The second-order valence-electron chi connectivity index (χ2n) is 5.38. The summed E-state index contributed by atoms with van der Waals surface area (Å²) in [6.45, 7) is 3.70. The van der Waals surface area contributed by atoms with E-state index >= 15 is 0 Å². The number of amides is 1. The zero-order valence-electron chi connectivity index (χ0n) is 13.5. The molecule has 1 amide bonds. The lowest BCUT2D eigenvalue weighted by Gasteiger charge is -2.23. The molecule has 1 unspecified atom stereocenters. The molecule has 0 bridgehead atoms. The van der Waals surface area contributed by atoms with Crippen LogP contribution in [-0.4, -0.2) is 34.8 Å². The van der Waals surface area contributed by atoms with Gasteiger partial charge in [-0.1, -0.05) is 30.3 Å². The summed E-state index contributed by atoms with van der Waals surface area (Å²) in [5.74, 6) is -0.170. The first kappa shape index (κ1) is 16.7. The minimum Gasteiger partial charge on any atom is -0.445 e. The van der Waals surface area contributed by atoms with Gasteiger partial charge in [-0.3, -0.25) is 9.78 Å². The number of rotatable bonds is 5. The second-order valence-corrected chi connectivity index (χ2v) is 5.38. The zero-order chi connectivity index (χ0) is 16.8. The first-order valence-electron chi connectivity index (χ1n) is 7.39. The van der Waals surface area contributed by atoms with Gasteiger partial charge < -0.3 is 9.64 Å². The number of carbonyl (C=O) groups is 2. The van der Waals surface area contributed by atoms with E-state index in [1.54, 1.807) is 26.1 Å². The van der Waals surface area contributed by atoms with Crippen LogP contribution < -0.4 is 0 Å². The van der Waals surface area contributed by atoms with Gasteiger partial charge in [0.05, 0.1) is 6.04 Å². The Morgan fingerprint density at radius 3 is 2.48 bits per heavy atom. The van der Waals surface area contributed by atoms with Gasteiger partial charge in [0.2, 0.25) is 0 Å². The molecule has 0 radical (unpaired) electrons. The predicted molar refractivity (Wildman–Crippen MR) is 87.2 cm³/mol. The molecule has 0 fully saturated rings. The highest BCUT2D eigenvalue weighted by molar-refractivity contribution is 6.00. The van der Waals surface area contributed by atoms with E-state index in [-0.39, 0.29) is 12.4 Å². The maximum absolute atomic E-state index is 12.4. The van der Waals surface area contributed by atoms with Crippen LogP contribution in [-0.2, 0) is 11.3 Å². The van der Waals surface area contributed by atoms with E-state index in [1.165, 1.54) is 11.1 Å². The van der Waals surface area contributed by atoms with E-state index < -0.39 is 12.1 Å². The first-order valence-corrected chi connectivity index (χ1v) is 7.39. The molecule has 0 spiro atoms. The standard InChI is InChI=1S/C18H20N2O3/c1-13-9-10-16(11-19-13)17(21)14(2)20(3)18(22)23-12-15-7-5-4-6-8-15/h4-11,14H,12H2,1-3H3. The molecule has 0 N–H and O–H groups in total. The van der Waals surface area contributed by atoms with Gasteiger partial charge in [0, 0.05) is 24.5 Å². The smallest absolute Gasteiger partial charge is 0.410 e. The Morgan fingerprint density at radius 1 is 1.17 bits per heavy atom. The molecule has 1 heterocycles. The molecule has 0 aliphatic heterocycles. The number of ether oxygens (including phenoxy) is 1. The molecule has 0 aliphatic carbocycles. The summed E-state index contributed by atoms with van der Waals surface area (Å²) in [7, 11) is 1.55. The van der Waals surface area contributed by atoms with E-state index in [0.29, 0.717) is 5.56 Å². The number of hydrogen-bond acceptors (Lipinski definition) is 4. The van der Waals surface area contributed by atoms with Crippen LogP contribution in [0.5, 0.6) is 0 Å². The number of hydrogen-bond donors (Lipinski definition) is 0. The van der Waals surface area contributed by atoms with Gasteiger partial charge in [0.15, 0.2) is 5.78 Å². The van der Waals surface area contributed by atoms with Crippen molar-refractivity contribution in [2.45, 2.75) is 26.5 Å². The summed E-state index contributed by atoms with van der Waals surface area (Å²) in [5, 5.41) is 0. The fourth-order valence-corrected chi connectivity index (χ4v) is 2.01. The molecule has 1 aromatic carbocycles. The Balaban J connectivity index is 1.95. The van der Waals surface area contributed by atoms with Crippen molar-refractivity contribution in [3.63, 3.8) is 0 Å². The number of nitrogens with zero attached hydrogens (tertiary/aromatic N) is 2. The number of aromatic nitrogens is 1. The van der Waals surface area contributed by atoms with Crippen LogP contribution in [0, 0.1) is 6.92 Å². The van der Waals surface area contributed by atoms with Crippen molar-refractivity contribution >= 4 is 11.9 Å². The Kier molecular flexibility index (Phi) is 5.46. The van der Waals surface area contributed by atoms with Crippen LogP contribution in [0.1, 0.15) is 28.5 Å². The van der Waals surface area contributed by atoms with Crippen LogP contribution in [0.3, 0.4) is 0 Å². The number of carbonyl (C=O) groups excluding carboxylic acids is 2. The molecule has 1 aromatic heterocycles. The summed E-state index contributed by atoms with van der Waals surface area (Å²) in [6.07, 6.45) is 0.992. The third-order valence-electron chi connectivity index (χ3n) is 3.65. The van der Waals surface area contributed by atoms with Crippen LogP contribution in [0.15, 0.2) is 48.7 Å². The van der Waals surface area contributed by atoms with Crippen molar-refractivity contribution in [1.82, 2.24) is 9.88 Å². The van der Waals surface area contributed by atoms with Gasteiger partial charge >= 0.3 is 6.09 Å². The van der Waals surface area contributed by atoms with Gasteiger partial charge in [-0.2, -0.15) is 0 Å².